The summed E-state index contributed by atoms with van der Waals surface area (Å²) < 4.78 is 0. The Hall–Kier alpha value is -1.46. The molecule has 4 nitrogen and oxygen atoms in total. The van der Waals surface area contributed by atoms with E-state index >= 15 is 0 Å². The lowest BCUT2D eigenvalue weighted by atomic mass is 9.88. The van der Waals surface area contributed by atoms with Crippen molar-refractivity contribution in [2.75, 3.05) is 44.2 Å². The molecule has 4 rings (SSSR count). The van der Waals surface area contributed by atoms with E-state index in [1.54, 1.807) is 6.92 Å². The summed E-state index contributed by atoms with van der Waals surface area (Å²) in [6.07, 6.45) is 2.17. The van der Waals surface area contributed by atoms with E-state index in [1.165, 1.54) is 0 Å². The molecule has 0 aromatic heterocycles. The van der Waals surface area contributed by atoms with Gasteiger partial charge in [-0.25, -0.2) is 0 Å². The third kappa shape index (κ3) is 5.48. The van der Waals surface area contributed by atoms with Gasteiger partial charge in [-0.15, -0.1) is 0 Å². The summed E-state index contributed by atoms with van der Waals surface area (Å²) >= 11 is 18.9. The second-order valence-corrected chi connectivity index (χ2v) is 9.84. The molecule has 0 spiro atoms. The number of hydrogen-bond acceptors (Lipinski definition) is 3. The van der Waals surface area contributed by atoms with E-state index in [0.29, 0.717) is 10.9 Å². The predicted octanol–water partition coefficient (Wildman–Crippen LogP) is 5.77. The van der Waals surface area contributed by atoms with Crippen molar-refractivity contribution >= 4 is 46.4 Å². The molecular formula is C24H28Cl3N3O. The van der Waals surface area contributed by atoms with Crippen LogP contribution in [0.5, 0.6) is 0 Å². The highest BCUT2D eigenvalue weighted by atomic mass is 35.5. The zero-order valence-corrected chi connectivity index (χ0v) is 20.0. The zero-order chi connectivity index (χ0) is 22.0. The lowest BCUT2D eigenvalue weighted by Gasteiger charge is -2.44. The molecule has 2 aromatic carbocycles. The molecule has 0 radical (unpaired) electrons. The first-order valence-electron chi connectivity index (χ1n) is 10.9. The molecule has 2 aromatic rings. The van der Waals surface area contributed by atoms with E-state index in [9.17, 15) is 4.79 Å². The van der Waals surface area contributed by atoms with Crippen LogP contribution in [-0.2, 0) is 4.79 Å². The predicted molar refractivity (Wildman–Crippen MR) is 129 cm³/mol. The first-order chi connectivity index (χ1) is 14.9. The van der Waals surface area contributed by atoms with Gasteiger partial charge in [0.15, 0.2) is 0 Å². The number of anilines is 1. The van der Waals surface area contributed by atoms with E-state index in [-0.39, 0.29) is 11.9 Å². The van der Waals surface area contributed by atoms with Gasteiger partial charge in [0.05, 0.1) is 6.04 Å². The fourth-order valence-electron chi connectivity index (χ4n) is 4.82. The Morgan fingerprint density at radius 1 is 0.935 bits per heavy atom. The van der Waals surface area contributed by atoms with Gasteiger partial charge >= 0.3 is 0 Å². The van der Waals surface area contributed by atoms with Crippen molar-refractivity contribution < 1.29 is 4.79 Å². The van der Waals surface area contributed by atoms with Crippen molar-refractivity contribution in [3.05, 3.63) is 63.1 Å². The number of piperidine rings is 1. The molecule has 0 bridgehead atoms. The lowest BCUT2D eigenvalue weighted by Crippen LogP contribution is -2.51. The van der Waals surface area contributed by atoms with Crippen molar-refractivity contribution in [3.8, 4) is 0 Å². The Morgan fingerprint density at radius 2 is 1.61 bits per heavy atom. The van der Waals surface area contributed by atoms with Crippen LogP contribution in [0.2, 0.25) is 15.1 Å². The Kier molecular flexibility index (Phi) is 7.33. The van der Waals surface area contributed by atoms with Crippen LogP contribution >= 0.6 is 34.8 Å². The van der Waals surface area contributed by atoms with E-state index < -0.39 is 0 Å². The maximum absolute atomic E-state index is 11.6. The van der Waals surface area contributed by atoms with Crippen molar-refractivity contribution in [2.24, 2.45) is 5.92 Å². The monoisotopic (exact) mass is 479 g/mol. The smallest absolute Gasteiger partial charge is 0.219 e. The summed E-state index contributed by atoms with van der Waals surface area (Å²) in [7, 11) is 0. The molecule has 2 aliphatic rings. The van der Waals surface area contributed by atoms with Gasteiger partial charge in [0.1, 0.15) is 0 Å². The minimum Gasteiger partial charge on any atom is -0.364 e. The number of halogens is 3. The van der Waals surface area contributed by atoms with Gasteiger partial charge in [0.25, 0.3) is 0 Å². The third-order valence-electron chi connectivity index (χ3n) is 6.49. The number of nitrogens with zero attached hydrogens (tertiary/aromatic N) is 3. The van der Waals surface area contributed by atoms with Crippen molar-refractivity contribution in [1.82, 2.24) is 9.80 Å². The first-order valence-corrected chi connectivity index (χ1v) is 12.0. The van der Waals surface area contributed by atoms with E-state index in [0.717, 1.165) is 73.4 Å². The Balaban J connectivity index is 1.50. The van der Waals surface area contributed by atoms with Gasteiger partial charge < -0.3 is 9.80 Å². The average molecular weight is 481 g/mol. The van der Waals surface area contributed by atoms with Crippen molar-refractivity contribution in [2.45, 2.75) is 25.8 Å². The quantitative estimate of drug-likeness (QED) is 0.556. The minimum absolute atomic E-state index is 0.175. The fourth-order valence-corrected chi connectivity index (χ4v) is 5.48. The molecule has 2 fully saturated rings. The van der Waals surface area contributed by atoms with Gasteiger partial charge in [0.2, 0.25) is 5.91 Å². The fraction of sp³-hybridized carbons (Fsp3) is 0.458. The van der Waals surface area contributed by atoms with Crippen LogP contribution in [0, 0.1) is 5.92 Å². The molecule has 2 saturated heterocycles. The highest BCUT2D eigenvalue weighted by Gasteiger charge is 2.32. The normalized spacial score (nSPS) is 22.6. The summed E-state index contributed by atoms with van der Waals surface area (Å²) in [6.45, 7) is 7.21. The second kappa shape index (κ2) is 9.99. The molecule has 0 aliphatic carbocycles. The van der Waals surface area contributed by atoms with Crippen molar-refractivity contribution in [1.29, 1.82) is 0 Å². The Morgan fingerprint density at radius 3 is 2.26 bits per heavy atom. The SMILES string of the molecule is CC(=O)N1CCN(CC2CCC(c3ccc(Cl)cc3Cl)N(c3ccc(Cl)cc3)C2)CC1. The number of benzene rings is 2. The minimum atomic E-state index is 0.175. The molecule has 1 amide bonds. The maximum atomic E-state index is 11.6. The summed E-state index contributed by atoms with van der Waals surface area (Å²) in [5, 5.41) is 2.11. The molecule has 2 atom stereocenters. The highest BCUT2D eigenvalue weighted by Crippen LogP contribution is 2.40. The number of hydrogen-bond donors (Lipinski definition) is 0. The Bertz CT molecular complexity index is 913. The summed E-state index contributed by atoms with van der Waals surface area (Å²) in [4.78, 5) is 18.5. The lowest BCUT2D eigenvalue weighted by molar-refractivity contribution is -0.130. The average Bonchev–Trinajstić information content (AvgIpc) is 2.75. The second-order valence-electron chi connectivity index (χ2n) is 8.56. The topological polar surface area (TPSA) is 26.8 Å². The highest BCUT2D eigenvalue weighted by molar-refractivity contribution is 6.35. The van der Waals surface area contributed by atoms with Crippen LogP contribution in [0.25, 0.3) is 0 Å². The number of amides is 1. The van der Waals surface area contributed by atoms with Crippen LogP contribution in [0.4, 0.5) is 5.69 Å². The van der Waals surface area contributed by atoms with Crippen LogP contribution in [0.15, 0.2) is 42.5 Å². The van der Waals surface area contributed by atoms with Crippen LogP contribution in [-0.4, -0.2) is 55.0 Å². The maximum Gasteiger partial charge on any atom is 0.219 e. The van der Waals surface area contributed by atoms with E-state index in [1.807, 2.05) is 29.2 Å². The molecule has 0 saturated carbocycles. The van der Waals surface area contributed by atoms with E-state index in [2.05, 4.69) is 28.0 Å². The molecular weight excluding hydrogens is 453 g/mol. The summed E-state index contributed by atoms with van der Waals surface area (Å²) in [5.41, 5.74) is 2.28. The number of rotatable bonds is 4. The zero-order valence-electron chi connectivity index (χ0n) is 17.7. The number of carbonyl (C=O) groups is 1. The van der Waals surface area contributed by atoms with Crippen LogP contribution < -0.4 is 4.90 Å². The van der Waals surface area contributed by atoms with E-state index in [4.69, 9.17) is 34.8 Å². The van der Waals surface area contributed by atoms with Gasteiger partial charge in [-0.1, -0.05) is 40.9 Å². The van der Waals surface area contributed by atoms with Gasteiger partial charge in [-0.2, -0.15) is 0 Å². The van der Waals surface area contributed by atoms with Gasteiger partial charge in [-0.05, 0) is 60.7 Å². The van der Waals surface area contributed by atoms with Crippen molar-refractivity contribution in [3.63, 3.8) is 0 Å². The number of carbonyl (C=O) groups excluding carboxylic acids is 1. The van der Waals surface area contributed by atoms with Gasteiger partial charge in [0, 0.05) is 66.9 Å². The van der Waals surface area contributed by atoms with Crippen LogP contribution in [0.3, 0.4) is 0 Å². The summed E-state index contributed by atoms with van der Waals surface area (Å²) in [6, 6.07) is 14.1. The molecule has 2 unspecified atom stereocenters. The molecule has 31 heavy (non-hydrogen) atoms. The third-order valence-corrected chi connectivity index (χ3v) is 7.31. The van der Waals surface area contributed by atoms with Gasteiger partial charge in [-0.3, -0.25) is 9.69 Å². The first kappa shape index (κ1) is 22.7. The molecule has 2 heterocycles. The molecule has 0 N–H and O–H groups in total. The molecule has 7 heteroatoms. The summed E-state index contributed by atoms with van der Waals surface area (Å²) in [5.74, 6) is 0.732. The largest absolute Gasteiger partial charge is 0.364 e. The number of piperazine rings is 1. The van der Waals surface area contributed by atoms with Crippen LogP contribution in [0.1, 0.15) is 31.4 Å². The molecule has 2 aliphatic heterocycles. The molecule has 166 valence electrons. The Labute approximate surface area is 199 Å². The standard InChI is InChI=1S/C24H28Cl3N3O/c1-17(31)29-12-10-28(11-13-29)15-18-2-9-24(22-8-5-20(26)14-23(22)27)30(16-18)21-6-3-19(25)4-7-21/h3-8,14,18,24H,2,9-13,15-16H2,1H3.